The van der Waals surface area contributed by atoms with E-state index in [4.69, 9.17) is 4.42 Å². The van der Waals surface area contributed by atoms with E-state index >= 15 is 0 Å². The molecule has 0 saturated heterocycles. The first kappa shape index (κ1) is 13.5. The fraction of sp³-hybridized carbons (Fsp3) is 0.0556. The quantitative estimate of drug-likeness (QED) is 0.584. The maximum absolute atomic E-state index is 12.4. The summed E-state index contributed by atoms with van der Waals surface area (Å²) in [7, 11) is 0. The summed E-state index contributed by atoms with van der Waals surface area (Å²) in [6.45, 7) is 0. The number of aromatic nitrogens is 3. The van der Waals surface area contributed by atoms with Crippen molar-refractivity contribution in [1.29, 1.82) is 0 Å². The second-order valence-corrected chi connectivity index (χ2v) is 5.26. The molecule has 0 saturated carbocycles. The number of benzene rings is 1. The number of furan rings is 1. The predicted molar refractivity (Wildman–Crippen MR) is 86.1 cm³/mol. The van der Waals surface area contributed by atoms with Gasteiger partial charge in [0, 0.05) is 18.0 Å². The zero-order valence-corrected chi connectivity index (χ0v) is 12.2. The number of nitrogens with zero attached hydrogens (tertiary/aromatic N) is 2. The molecule has 5 heteroatoms. The predicted octanol–water partition coefficient (Wildman–Crippen LogP) is 3.64. The Morgan fingerprint density at radius 2 is 2.00 bits per heavy atom. The Morgan fingerprint density at radius 1 is 1.13 bits per heavy atom. The number of pyridine rings is 1. The zero-order valence-electron chi connectivity index (χ0n) is 12.2. The molecule has 112 valence electrons. The highest BCUT2D eigenvalue weighted by molar-refractivity contribution is 5.99. The van der Waals surface area contributed by atoms with Gasteiger partial charge in [-0.25, -0.2) is 4.98 Å². The molecule has 1 aromatic carbocycles. The number of aromatic amines is 1. The first-order valence-electron chi connectivity index (χ1n) is 7.26. The molecule has 0 aliphatic carbocycles. The van der Waals surface area contributed by atoms with E-state index in [9.17, 15) is 4.79 Å². The third-order valence-corrected chi connectivity index (χ3v) is 3.70. The molecule has 3 heterocycles. The van der Waals surface area contributed by atoms with E-state index in [2.05, 4.69) is 15.2 Å². The van der Waals surface area contributed by atoms with E-state index in [1.165, 1.54) is 6.26 Å². The Hall–Kier alpha value is -3.21. The number of carbonyl (C=O) groups excluding carboxylic acids is 1. The fourth-order valence-electron chi connectivity index (χ4n) is 2.53. The lowest BCUT2D eigenvalue weighted by atomic mass is 10.0. The summed E-state index contributed by atoms with van der Waals surface area (Å²) < 4.78 is 5.56. The van der Waals surface area contributed by atoms with E-state index < -0.39 is 0 Å². The molecule has 0 aliphatic heterocycles. The van der Waals surface area contributed by atoms with Crippen molar-refractivity contribution >= 4 is 16.8 Å². The van der Waals surface area contributed by atoms with Crippen LogP contribution in [-0.4, -0.2) is 21.0 Å². The van der Waals surface area contributed by atoms with Gasteiger partial charge in [-0.1, -0.05) is 30.3 Å². The maximum Gasteiger partial charge on any atom is 0.181 e. The summed E-state index contributed by atoms with van der Waals surface area (Å²) in [5.41, 5.74) is 2.88. The van der Waals surface area contributed by atoms with Crippen LogP contribution in [0.4, 0.5) is 0 Å². The molecule has 0 amide bonds. The largest absolute Gasteiger partial charge is 0.462 e. The molecule has 0 bridgehead atoms. The first-order chi connectivity index (χ1) is 11.3. The number of rotatable bonds is 4. The van der Waals surface area contributed by atoms with E-state index in [-0.39, 0.29) is 5.78 Å². The second-order valence-electron chi connectivity index (χ2n) is 5.26. The van der Waals surface area contributed by atoms with Gasteiger partial charge >= 0.3 is 0 Å². The van der Waals surface area contributed by atoms with Crippen molar-refractivity contribution in [3.8, 4) is 11.5 Å². The zero-order chi connectivity index (χ0) is 15.6. The Morgan fingerprint density at radius 3 is 2.87 bits per heavy atom. The Bertz CT molecular complexity index is 970. The minimum absolute atomic E-state index is 0.0214. The summed E-state index contributed by atoms with van der Waals surface area (Å²) in [6, 6.07) is 15.1. The average molecular weight is 303 g/mol. The van der Waals surface area contributed by atoms with Crippen LogP contribution in [0.15, 0.2) is 65.4 Å². The minimum atomic E-state index is 0.0214. The normalized spacial score (nSPS) is 11.0. The number of ketones is 1. The monoisotopic (exact) mass is 303 g/mol. The van der Waals surface area contributed by atoms with Gasteiger partial charge < -0.3 is 4.42 Å². The van der Waals surface area contributed by atoms with Gasteiger partial charge in [-0.3, -0.25) is 9.89 Å². The van der Waals surface area contributed by atoms with Crippen LogP contribution in [0.3, 0.4) is 0 Å². The molecule has 0 fully saturated rings. The lowest BCUT2D eigenvalue weighted by Gasteiger charge is -1.97. The van der Waals surface area contributed by atoms with Crippen molar-refractivity contribution in [2.24, 2.45) is 0 Å². The number of carbonyl (C=O) groups is 1. The van der Waals surface area contributed by atoms with Gasteiger partial charge in [0.25, 0.3) is 0 Å². The van der Waals surface area contributed by atoms with Crippen molar-refractivity contribution in [1.82, 2.24) is 15.2 Å². The number of hydrogen-bond acceptors (Lipinski definition) is 4. The van der Waals surface area contributed by atoms with Gasteiger partial charge in [-0.05, 0) is 23.8 Å². The lowest BCUT2D eigenvalue weighted by Crippen LogP contribution is -2.01. The van der Waals surface area contributed by atoms with E-state index in [0.29, 0.717) is 23.4 Å². The number of H-pyrrole nitrogens is 1. The fourth-order valence-corrected chi connectivity index (χ4v) is 2.53. The molecule has 0 unspecified atom stereocenters. The van der Waals surface area contributed by atoms with Crippen molar-refractivity contribution in [3.63, 3.8) is 0 Å². The molecule has 0 aliphatic rings. The van der Waals surface area contributed by atoms with Crippen LogP contribution in [0.5, 0.6) is 0 Å². The first-order valence-corrected chi connectivity index (χ1v) is 7.26. The molecule has 23 heavy (non-hydrogen) atoms. The van der Waals surface area contributed by atoms with Gasteiger partial charge in [0.1, 0.15) is 12.0 Å². The maximum atomic E-state index is 12.4. The van der Waals surface area contributed by atoms with Gasteiger partial charge in [-0.15, -0.1) is 0 Å². The smallest absolute Gasteiger partial charge is 0.181 e. The standard InChI is InChI=1S/C18H13N3O2/c22-15(9-12-5-2-1-3-6-12)13-10-16(23-11-13)17-14-7-4-8-19-18(14)21-20-17/h1-8,10-11H,9H2,(H,19,20,21). The van der Waals surface area contributed by atoms with Crippen molar-refractivity contribution in [3.05, 3.63) is 72.1 Å². The molecule has 0 radical (unpaired) electrons. The van der Waals surface area contributed by atoms with E-state index in [1.807, 2.05) is 42.5 Å². The lowest BCUT2D eigenvalue weighted by molar-refractivity contribution is 0.0992. The highest BCUT2D eigenvalue weighted by atomic mass is 16.3. The molecule has 4 aromatic rings. The Labute approximate surface area is 132 Å². The van der Waals surface area contributed by atoms with Gasteiger partial charge in [0.05, 0.1) is 5.56 Å². The summed E-state index contributed by atoms with van der Waals surface area (Å²) in [5, 5.41) is 7.92. The van der Waals surface area contributed by atoms with Gasteiger partial charge in [-0.2, -0.15) is 5.10 Å². The number of Topliss-reactive ketones (excluding diaryl/α,β-unsaturated/α-hetero) is 1. The Balaban J connectivity index is 1.63. The van der Waals surface area contributed by atoms with Crippen molar-refractivity contribution in [2.75, 3.05) is 0 Å². The number of hydrogen-bond donors (Lipinski definition) is 1. The molecule has 4 rings (SSSR count). The van der Waals surface area contributed by atoms with Crippen LogP contribution in [0.1, 0.15) is 15.9 Å². The van der Waals surface area contributed by atoms with E-state index in [0.717, 1.165) is 16.6 Å². The van der Waals surface area contributed by atoms with Crippen molar-refractivity contribution in [2.45, 2.75) is 6.42 Å². The van der Waals surface area contributed by atoms with Gasteiger partial charge in [0.2, 0.25) is 0 Å². The SMILES string of the molecule is O=C(Cc1ccccc1)c1coc(-c2[nH]nc3ncccc23)c1. The highest BCUT2D eigenvalue weighted by Gasteiger charge is 2.15. The molecule has 0 atom stereocenters. The topological polar surface area (TPSA) is 71.8 Å². The molecule has 5 nitrogen and oxygen atoms in total. The minimum Gasteiger partial charge on any atom is -0.462 e. The third-order valence-electron chi connectivity index (χ3n) is 3.70. The number of fused-ring (bicyclic) bond motifs is 1. The van der Waals surface area contributed by atoms with Crippen LogP contribution < -0.4 is 0 Å². The van der Waals surface area contributed by atoms with Crippen molar-refractivity contribution < 1.29 is 9.21 Å². The second kappa shape index (κ2) is 5.53. The molecule has 0 spiro atoms. The summed E-state index contributed by atoms with van der Waals surface area (Å²) >= 11 is 0. The summed E-state index contributed by atoms with van der Waals surface area (Å²) in [4.78, 5) is 16.5. The van der Waals surface area contributed by atoms with Crippen LogP contribution >= 0.6 is 0 Å². The molecular formula is C18H13N3O2. The van der Waals surface area contributed by atoms with Gasteiger partial charge in [0.15, 0.2) is 17.2 Å². The van der Waals surface area contributed by atoms with Crippen LogP contribution in [-0.2, 0) is 6.42 Å². The average Bonchev–Trinajstić information content (AvgIpc) is 3.22. The third kappa shape index (κ3) is 2.53. The Kier molecular flexibility index (Phi) is 3.24. The van der Waals surface area contributed by atoms with Crippen LogP contribution in [0, 0.1) is 0 Å². The van der Waals surface area contributed by atoms with Crippen LogP contribution in [0.2, 0.25) is 0 Å². The molecular weight excluding hydrogens is 290 g/mol. The highest BCUT2D eigenvalue weighted by Crippen LogP contribution is 2.27. The summed E-state index contributed by atoms with van der Waals surface area (Å²) in [6.07, 6.45) is 3.53. The molecule has 1 N–H and O–H groups in total. The van der Waals surface area contributed by atoms with E-state index in [1.54, 1.807) is 12.3 Å². The summed E-state index contributed by atoms with van der Waals surface area (Å²) in [5.74, 6) is 0.602. The number of nitrogens with one attached hydrogen (secondary N) is 1. The van der Waals surface area contributed by atoms with Crippen LogP contribution in [0.25, 0.3) is 22.5 Å². The molecule has 3 aromatic heterocycles.